The van der Waals surface area contributed by atoms with Crippen LogP contribution in [0, 0.1) is 0 Å². The minimum Gasteiger partial charge on any atom is -0.311 e. The van der Waals surface area contributed by atoms with Crippen molar-refractivity contribution < 1.29 is 5.32 Å². The van der Waals surface area contributed by atoms with Gasteiger partial charge in [-0.3, -0.25) is 0 Å². The van der Waals surface area contributed by atoms with Gasteiger partial charge in [-0.1, -0.05) is 18.2 Å². The van der Waals surface area contributed by atoms with E-state index in [0.717, 1.165) is 6.04 Å². The van der Waals surface area contributed by atoms with E-state index in [-0.39, 0.29) is 0 Å². The van der Waals surface area contributed by atoms with Crippen LogP contribution in [0.2, 0.25) is 0 Å². The summed E-state index contributed by atoms with van der Waals surface area (Å²) < 4.78 is 0. The lowest BCUT2D eigenvalue weighted by atomic mass is 9.99. The van der Waals surface area contributed by atoms with E-state index in [0.29, 0.717) is 0 Å². The topological polar surface area (TPSA) is 16.6 Å². The van der Waals surface area contributed by atoms with Crippen molar-refractivity contribution in [1.29, 1.82) is 0 Å². The highest BCUT2D eigenvalue weighted by Gasteiger charge is 2.16. The van der Waals surface area contributed by atoms with Crippen LogP contribution in [0.25, 0.3) is 0 Å². The number of hydrogen-bond acceptors (Lipinski definition) is 0. The third-order valence-corrected chi connectivity index (χ3v) is 2.39. The Morgan fingerprint density at radius 2 is 2.18 bits per heavy atom. The van der Waals surface area contributed by atoms with Crippen molar-refractivity contribution in [1.82, 2.24) is 0 Å². The van der Waals surface area contributed by atoms with E-state index < -0.39 is 0 Å². The number of quaternary nitrogens is 1. The summed E-state index contributed by atoms with van der Waals surface area (Å²) >= 11 is 0. The average Bonchev–Trinajstić information content (AvgIpc) is 2.04. The Labute approximate surface area is 67.4 Å². The van der Waals surface area contributed by atoms with E-state index in [2.05, 4.69) is 36.5 Å². The summed E-state index contributed by atoms with van der Waals surface area (Å²) in [6, 6.07) is 9.46. The van der Waals surface area contributed by atoms with Crippen LogP contribution in [0.5, 0.6) is 0 Å². The van der Waals surface area contributed by atoms with Gasteiger partial charge >= 0.3 is 0 Å². The Morgan fingerprint density at radius 1 is 1.36 bits per heavy atom. The molecule has 0 aliphatic carbocycles. The summed E-state index contributed by atoms with van der Waals surface area (Å²) in [7, 11) is 0. The summed E-state index contributed by atoms with van der Waals surface area (Å²) in [5.41, 5.74) is 2.97. The van der Waals surface area contributed by atoms with Crippen molar-refractivity contribution in [3.05, 3.63) is 29.8 Å². The maximum absolute atomic E-state index is 2.37. The number of nitrogens with two attached hydrogens (primary N) is 1. The van der Waals surface area contributed by atoms with Crippen molar-refractivity contribution in [3.8, 4) is 0 Å². The van der Waals surface area contributed by atoms with Gasteiger partial charge in [0.1, 0.15) is 5.69 Å². The summed E-state index contributed by atoms with van der Waals surface area (Å²) in [5.74, 6) is 0. The molecule has 1 unspecified atom stereocenters. The molecule has 11 heavy (non-hydrogen) atoms. The lowest BCUT2D eigenvalue weighted by Gasteiger charge is -2.18. The number of aryl methyl sites for hydroxylation is 1. The van der Waals surface area contributed by atoms with E-state index >= 15 is 0 Å². The highest BCUT2D eigenvalue weighted by atomic mass is 14.9. The van der Waals surface area contributed by atoms with Gasteiger partial charge in [-0.05, 0) is 19.4 Å². The number of hydrogen-bond donors (Lipinski definition) is 1. The SMILES string of the molecule is CC1CCc2ccccc2[NH2+]1. The molecule has 2 rings (SSSR count). The van der Waals surface area contributed by atoms with E-state index in [1.165, 1.54) is 24.1 Å². The van der Waals surface area contributed by atoms with Crippen molar-refractivity contribution >= 4 is 5.69 Å². The van der Waals surface area contributed by atoms with Gasteiger partial charge < -0.3 is 5.32 Å². The molecule has 0 fully saturated rings. The molecule has 0 spiro atoms. The van der Waals surface area contributed by atoms with Gasteiger partial charge in [0.2, 0.25) is 0 Å². The molecule has 0 radical (unpaired) electrons. The van der Waals surface area contributed by atoms with Gasteiger partial charge in [-0.25, -0.2) is 0 Å². The van der Waals surface area contributed by atoms with Crippen molar-refractivity contribution in [3.63, 3.8) is 0 Å². The Kier molecular flexibility index (Phi) is 1.66. The molecule has 1 aromatic carbocycles. The monoisotopic (exact) mass is 148 g/mol. The van der Waals surface area contributed by atoms with E-state index in [1.54, 1.807) is 0 Å². The molecular formula is C10H14N+. The molecule has 1 aliphatic rings. The number of para-hydroxylation sites is 1. The summed E-state index contributed by atoms with van der Waals surface area (Å²) in [6.07, 6.45) is 2.57. The molecule has 0 aromatic heterocycles. The predicted octanol–water partition coefficient (Wildman–Crippen LogP) is 1.22. The lowest BCUT2D eigenvalue weighted by Crippen LogP contribution is -2.85. The van der Waals surface area contributed by atoms with Crippen LogP contribution in [0.1, 0.15) is 18.9 Å². The van der Waals surface area contributed by atoms with E-state index in [1.807, 2.05) is 0 Å². The normalized spacial score (nSPS) is 22.8. The molecule has 58 valence electrons. The molecule has 1 heterocycles. The quantitative estimate of drug-likeness (QED) is 0.533. The second-order valence-corrected chi connectivity index (χ2v) is 3.38. The van der Waals surface area contributed by atoms with E-state index in [4.69, 9.17) is 0 Å². The van der Waals surface area contributed by atoms with Crippen LogP contribution >= 0.6 is 0 Å². The standard InChI is InChI=1S/C10H13N/c1-8-6-7-9-4-2-3-5-10(9)11-8/h2-5,8,11H,6-7H2,1H3/p+1. The highest BCUT2D eigenvalue weighted by molar-refractivity contribution is 5.39. The van der Waals surface area contributed by atoms with E-state index in [9.17, 15) is 0 Å². The van der Waals surface area contributed by atoms with Crippen LogP contribution in [-0.4, -0.2) is 6.04 Å². The van der Waals surface area contributed by atoms with Crippen LogP contribution in [-0.2, 0) is 6.42 Å². The molecule has 1 atom stereocenters. The predicted molar refractivity (Wildman–Crippen MR) is 45.8 cm³/mol. The third kappa shape index (κ3) is 1.29. The molecule has 1 nitrogen and oxygen atoms in total. The Hall–Kier alpha value is -0.820. The first-order valence-electron chi connectivity index (χ1n) is 4.29. The van der Waals surface area contributed by atoms with Gasteiger partial charge in [0.05, 0.1) is 6.04 Å². The Balaban J connectivity index is 2.34. The maximum atomic E-state index is 2.37. The fraction of sp³-hybridized carbons (Fsp3) is 0.400. The van der Waals surface area contributed by atoms with Crippen molar-refractivity contribution in [2.24, 2.45) is 0 Å². The van der Waals surface area contributed by atoms with Crippen LogP contribution < -0.4 is 5.32 Å². The molecule has 0 bridgehead atoms. The van der Waals surface area contributed by atoms with Gasteiger partial charge in [0.25, 0.3) is 0 Å². The first-order valence-corrected chi connectivity index (χ1v) is 4.29. The van der Waals surface area contributed by atoms with Crippen molar-refractivity contribution in [2.75, 3.05) is 0 Å². The van der Waals surface area contributed by atoms with Gasteiger partial charge in [0.15, 0.2) is 0 Å². The molecule has 2 N–H and O–H groups in total. The molecule has 1 heteroatoms. The fourth-order valence-electron chi connectivity index (χ4n) is 1.70. The first kappa shape index (κ1) is 6.86. The first-order chi connectivity index (χ1) is 5.36. The summed E-state index contributed by atoms with van der Waals surface area (Å²) in [5, 5.41) is 2.37. The van der Waals surface area contributed by atoms with Crippen molar-refractivity contribution in [2.45, 2.75) is 25.8 Å². The largest absolute Gasteiger partial charge is 0.311 e. The lowest BCUT2D eigenvalue weighted by molar-refractivity contribution is -0.612. The Bertz CT molecular complexity index is 255. The highest BCUT2D eigenvalue weighted by Crippen LogP contribution is 2.16. The molecule has 0 saturated carbocycles. The number of fused-ring (bicyclic) bond motifs is 1. The third-order valence-electron chi connectivity index (χ3n) is 2.39. The summed E-state index contributed by atoms with van der Waals surface area (Å²) in [6.45, 7) is 2.29. The van der Waals surface area contributed by atoms with Crippen LogP contribution in [0.3, 0.4) is 0 Å². The fourth-order valence-corrected chi connectivity index (χ4v) is 1.70. The molecule has 0 saturated heterocycles. The second kappa shape index (κ2) is 2.67. The van der Waals surface area contributed by atoms with Gasteiger partial charge in [0, 0.05) is 12.0 Å². The zero-order valence-electron chi connectivity index (χ0n) is 6.88. The Morgan fingerprint density at radius 3 is 3.09 bits per heavy atom. The molecular weight excluding hydrogens is 134 g/mol. The molecule has 0 amide bonds. The molecule has 1 aliphatic heterocycles. The zero-order valence-corrected chi connectivity index (χ0v) is 6.88. The number of rotatable bonds is 0. The van der Waals surface area contributed by atoms with Crippen LogP contribution in [0.15, 0.2) is 24.3 Å². The summed E-state index contributed by atoms with van der Waals surface area (Å²) in [4.78, 5) is 0. The molecule has 1 aromatic rings. The minimum atomic E-state index is 0.768. The van der Waals surface area contributed by atoms with Gasteiger partial charge in [-0.15, -0.1) is 0 Å². The maximum Gasteiger partial charge on any atom is 0.132 e. The zero-order chi connectivity index (χ0) is 7.68. The number of benzene rings is 1. The average molecular weight is 148 g/mol. The van der Waals surface area contributed by atoms with Gasteiger partial charge in [-0.2, -0.15) is 0 Å². The second-order valence-electron chi connectivity index (χ2n) is 3.38. The minimum absolute atomic E-state index is 0.768. The smallest absolute Gasteiger partial charge is 0.132 e. The van der Waals surface area contributed by atoms with Crippen LogP contribution in [0.4, 0.5) is 5.69 Å².